The Hall–Kier alpha value is -2.76. The summed E-state index contributed by atoms with van der Waals surface area (Å²) in [6.45, 7) is 0.609. The van der Waals surface area contributed by atoms with Gasteiger partial charge >= 0.3 is 5.97 Å². The van der Waals surface area contributed by atoms with Crippen LogP contribution in [0, 0.1) is 0 Å². The van der Waals surface area contributed by atoms with Crippen LogP contribution in [0.1, 0.15) is 18.4 Å². The molecule has 0 unspecified atom stereocenters. The molecule has 3 rings (SSSR count). The molecular weight excluding hydrogens is 306 g/mol. The highest BCUT2D eigenvalue weighted by Crippen LogP contribution is 2.21. The van der Waals surface area contributed by atoms with Crippen molar-refractivity contribution >= 4 is 11.9 Å². The first-order valence-corrected chi connectivity index (χ1v) is 7.90. The molecule has 6 heteroatoms. The van der Waals surface area contributed by atoms with Gasteiger partial charge in [-0.15, -0.1) is 0 Å². The quantitative estimate of drug-likeness (QED) is 0.802. The monoisotopic (exact) mass is 325 g/mol. The van der Waals surface area contributed by atoms with Crippen LogP contribution in [0.2, 0.25) is 0 Å². The van der Waals surface area contributed by atoms with E-state index in [4.69, 9.17) is 4.74 Å². The largest absolute Gasteiger partial charge is 0.467 e. The van der Waals surface area contributed by atoms with E-state index in [1.807, 2.05) is 24.3 Å². The second kappa shape index (κ2) is 7.21. The molecule has 0 radical (unpaired) electrons. The Kier molecular flexibility index (Phi) is 4.84. The van der Waals surface area contributed by atoms with E-state index in [2.05, 4.69) is 9.97 Å². The SMILES string of the molecule is COC(=O)[C@H]1CCCN1C(=O)Cc1ccc(-c2cncnc2)cc1. The number of benzene rings is 1. The highest BCUT2D eigenvalue weighted by molar-refractivity contribution is 5.86. The predicted octanol–water partition coefficient (Wildman–Crippen LogP) is 1.85. The molecule has 124 valence electrons. The van der Waals surface area contributed by atoms with Crippen LogP contribution in [0.25, 0.3) is 11.1 Å². The van der Waals surface area contributed by atoms with Gasteiger partial charge in [-0.05, 0) is 24.0 Å². The molecule has 1 aliphatic heterocycles. The van der Waals surface area contributed by atoms with E-state index < -0.39 is 6.04 Å². The summed E-state index contributed by atoms with van der Waals surface area (Å²) in [4.78, 5) is 33.9. The Morgan fingerprint density at radius 1 is 1.17 bits per heavy atom. The fourth-order valence-corrected chi connectivity index (χ4v) is 2.99. The molecule has 1 aromatic heterocycles. The number of nitrogens with zero attached hydrogens (tertiary/aromatic N) is 3. The van der Waals surface area contributed by atoms with Crippen molar-refractivity contribution in [3.8, 4) is 11.1 Å². The minimum Gasteiger partial charge on any atom is -0.467 e. The Morgan fingerprint density at radius 2 is 1.88 bits per heavy atom. The van der Waals surface area contributed by atoms with Crippen LogP contribution in [0.3, 0.4) is 0 Å². The molecule has 1 fully saturated rings. The van der Waals surface area contributed by atoms with Gasteiger partial charge in [0.05, 0.1) is 13.5 Å². The number of hydrogen-bond donors (Lipinski definition) is 0. The van der Waals surface area contributed by atoms with Gasteiger partial charge in [-0.25, -0.2) is 14.8 Å². The van der Waals surface area contributed by atoms with E-state index in [9.17, 15) is 9.59 Å². The van der Waals surface area contributed by atoms with Crippen LogP contribution in [0.4, 0.5) is 0 Å². The van der Waals surface area contributed by atoms with E-state index in [-0.39, 0.29) is 18.3 Å². The first-order valence-electron chi connectivity index (χ1n) is 7.90. The molecule has 2 heterocycles. The minimum absolute atomic E-state index is 0.0429. The number of rotatable bonds is 4. The third-order valence-electron chi connectivity index (χ3n) is 4.25. The number of carbonyl (C=O) groups is 2. The number of aromatic nitrogens is 2. The zero-order chi connectivity index (χ0) is 16.9. The van der Waals surface area contributed by atoms with Gasteiger partial charge in [-0.2, -0.15) is 0 Å². The summed E-state index contributed by atoms with van der Waals surface area (Å²) in [5.74, 6) is -0.376. The number of esters is 1. The molecule has 0 spiro atoms. The number of likely N-dealkylation sites (tertiary alicyclic amines) is 1. The van der Waals surface area contributed by atoms with Gasteiger partial charge in [0, 0.05) is 24.5 Å². The molecule has 0 bridgehead atoms. The highest BCUT2D eigenvalue weighted by Gasteiger charge is 2.34. The van der Waals surface area contributed by atoms with Crippen molar-refractivity contribution < 1.29 is 14.3 Å². The lowest BCUT2D eigenvalue weighted by Crippen LogP contribution is -2.41. The van der Waals surface area contributed by atoms with E-state index >= 15 is 0 Å². The molecule has 0 saturated carbocycles. The van der Waals surface area contributed by atoms with Crippen LogP contribution in [0.15, 0.2) is 43.0 Å². The molecule has 1 saturated heterocycles. The molecule has 1 atom stereocenters. The molecule has 1 amide bonds. The Labute approximate surface area is 140 Å². The maximum absolute atomic E-state index is 12.5. The van der Waals surface area contributed by atoms with Gasteiger partial charge in [0.25, 0.3) is 0 Å². The number of amides is 1. The van der Waals surface area contributed by atoms with Gasteiger partial charge in [-0.1, -0.05) is 24.3 Å². The Bertz CT molecular complexity index is 716. The zero-order valence-corrected chi connectivity index (χ0v) is 13.5. The Balaban J connectivity index is 1.67. The summed E-state index contributed by atoms with van der Waals surface area (Å²) < 4.78 is 4.78. The number of hydrogen-bond acceptors (Lipinski definition) is 5. The molecule has 1 aromatic carbocycles. The van der Waals surface area contributed by atoms with Gasteiger partial charge in [0.15, 0.2) is 0 Å². The summed E-state index contributed by atoms with van der Waals surface area (Å²) in [6.07, 6.45) is 6.77. The third kappa shape index (κ3) is 3.42. The topological polar surface area (TPSA) is 72.4 Å². The van der Waals surface area contributed by atoms with Crippen molar-refractivity contribution in [3.05, 3.63) is 48.5 Å². The van der Waals surface area contributed by atoms with Gasteiger partial charge in [0.1, 0.15) is 12.4 Å². The predicted molar refractivity (Wildman–Crippen MR) is 87.9 cm³/mol. The summed E-state index contributed by atoms with van der Waals surface area (Å²) in [6, 6.07) is 7.29. The van der Waals surface area contributed by atoms with E-state index in [0.717, 1.165) is 23.1 Å². The van der Waals surface area contributed by atoms with Crippen molar-refractivity contribution in [2.45, 2.75) is 25.3 Å². The lowest BCUT2D eigenvalue weighted by Gasteiger charge is -2.22. The molecule has 2 aromatic rings. The van der Waals surface area contributed by atoms with E-state index in [1.165, 1.54) is 13.4 Å². The highest BCUT2D eigenvalue weighted by atomic mass is 16.5. The lowest BCUT2D eigenvalue weighted by molar-refractivity contribution is -0.150. The summed E-state index contributed by atoms with van der Waals surface area (Å²) in [5, 5.41) is 0. The van der Waals surface area contributed by atoms with Crippen LogP contribution in [-0.4, -0.2) is 46.4 Å². The van der Waals surface area contributed by atoms with Crippen LogP contribution < -0.4 is 0 Å². The van der Waals surface area contributed by atoms with Gasteiger partial charge in [0.2, 0.25) is 5.91 Å². The number of carbonyl (C=O) groups excluding carboxylic acids is 2. The molecule has 24 heavy (non-hydrogen) atoms. The van der Waals surface area contributed by atoms with Gasteiger partial charge < -0.3 is 9.64 Å². The number of ether oxygens (including phenoxy) is 1. The Morgan fingerprint density at radius 3 is 2.54 bits per heavy atom. The average molecular weight is 325 g/mol. The maximum atomic E-state index is 12.5. The summed E-state index contributed by atoms with van der Waals surface area (Å²) in [5.41, 5.74) is 2.84. The lowest BCUT2D eigenvalue weighted by atomic mass is 10.0. The second-order valence-electron chi connectivity index (χ2n) is 5.77. The molecule has 1 aliphatic rings. The first-order chi connectivity index (χ1) is 11.7. The molecule has 0 aliphatic carbocycles. The third-order valence-corrected chi connectivity index (χ3v) is 4.25. The van der Waals surface area contributed by atoms with E-state index in [1.54, 1.807) is 17.3 Å². The fraction of sp³-hybridized carbons (Fsp3) is 0.333. The molecule has 0 N–H and O–H groups in total. The normalized spacial score (nSPS) is 16.9. The fourth-order valence-electron chi connectivity index (χ4n) is 2.99. The zero-order valence-electron chi connectivity index (χ0n) is 13.5. The van der Waals surface area contributed by atoms with Crippen molar-refractivity contribution in [3.63, 3.8) is 0 Å². The number of methoxy groups -OCH3 is 1. The molecule has 6 nitrogen and oxygen atoms in total. The first kappa shape index (κ1) is 16.1. The summed E-state index contributed by atoms with van der Waals surface area (Å²) >= 11 is 0. The van der Waals surface area contributed by atoms with Crippen molar-refractivity contribution in [1.29, 1.82) is 0 Å². The van der Waals surface area contributed by atoms with Crippen molar-refractivity contribution in [2.75, 3.05) is 13.7 Å². The van der Waals surface area contributed by atoms with E-state index in [0.29, 0.717) is 13.0 Å². The van der Waals surface area contributed by atoms with Crippen molar-refractivity contribution in [1.82, 2.24) is 14.9 Å². The smallest absolute Gasteiger partial charge is 0.328 e. The second-order valence-corrected chi connectivity index (χ2v) is 5.77. The maximum Gasteiger partial charge on any atom is 0.328 e. The van der Waals surface area contributed by atoms with Crippen molar-refractivity contribution in [2.24, 2.45) is 0 Å². The van der Waals surface area contributed by atoms with Crippen LogP contribution >= 0.6 is 0 Å². The average Bonchev–Trinajstić information content (AvgIpc) is 3.12. The van der Waals surface area contributed by atoms with Gasteiger partial charge in [-0.3, -0.25) is 4.79 Å². The molecular formula is C18H19N3O3. The minimum atomic E-state index is -0.441. The standard InChI is InChI=1S/C18H19N3O3/c1-24-18(23)16-3-2-8-21(16)17(22)9-13-4-6-14(7-5-13)15-10-19-12-20-11-15/h4-7,10-12,16H,2-3,8-9H2,1H3/t16-/m1/s1. The van der Waals surface area contributed by atoms with Crippen LogP contribution in [0.5, 0.6) is 0 Å². The summed E-state index contributed by atoms with van der Waals surface area (Å²) in [7, 11) is 1.36. The van der Waals surface area contributed by atoms with Crippen LogP contribution in [-0.2, 0) is 20.7 Å².